The van der Waals surface area contributed by atoms with E-state index in [1.165, 1.54) is 12.1 Å². The first kappa shape index (κ1) is 23.4. The summed E-state index contributed by atoms with van der Waals surface area (Å²) in [5.41, 5.74) is 0.720. The van der Waals surface area contributed by atoms with Gasteiger partial charge in [0.05, 0.1) is 22.8 Å². The van der Waals surface area contributed by atoms with Gasteiger partial charge in [-0.15, -0.1) is 11.3 Å². The maximum atomic E-state index is 14.2. The normalized spacial score (nSPS) is 10.5. The monoisotopic (exact) mass is 475 g/mol. The number of thiophene rings is 1. The van der Waals surface area contributed by atoms with Crippen LogP contribution in [0, 0.1) is 12.7 Å². The molecule has 0 spiro atoms. The quantitative estimate of drug-likeness (QED) is 0.447. The van der Waals surface area contributed by atoms with Crippen molar-refractivity contribution in [3.8, 4) is 0 Å². The molecule has 32 heavy (non-hydrogen) atoms. The van der Waals surface area contributed by atoms with E-state index in [-0.39, 0.29) is 39.2 Å². The number of esters is 2. The molecule has 0 aliphatic heterocycles. The van der Waals surface area contributed by atoms with Crippen LogP contribution in [0.5, 0.6) is 0 Å². The van der Waals surface area contributed by atoms with Gasteiger partial charge >= 0.3 is 11.9 Å². The maximum Gasteiger partial charge on any atom is 0.349 e. The molecule has 0 fully saturated rings. The Balaban J connectivity index is 1.91. The second kappa shape index (κ2) is 10.4. The van der Waals surface area contributed by atoms with Crippen LogP contribution in [0.25, 0.3) is 0 Å². The Kier molecular flexibility index (Phi) is 7.61. The molecule has 6 nitrogen and oxygen atoms in total. The summed E-state index contributed by atoms with van der Waals surface area (Å²) in [4.78, 5) is 38.0. The van der Waals surface area contributed by atoms with Crippen molar-refractivity contribution in [3.05, 3.63) is 86.5 Å². The Morgan fingerprint density at radius 1 is 1.00 bits per heavy atom. The second-order valence-electron chi connectivity index (χ2n) is 6.59. The summed E-state index contributed by atoms with van der Waals surface area (Å²) >= 11 is 6.81. The SMILES string of the molecule is CCOC(=O)c1c(NC(=O)c2c(F)cccc2Cl)sc(C(=O)OCc2ccccc2)c1C. The van der Waals surface area contributed by atoms with Crippen molar-refractivity contribution in [3.63, 3.8) is 0 Å². The first-order valence-corrected chi connectivity index (χ1v) is 10.8. The predicted octanol–water partition coefficient (Wildman–Crippen LogP) is 5.64. The zero-order valence-electron chi connectivity index (χ0n) is 17.2. The summed E-state index contributed by atoms with van der Waals surface area (Å²) in [6.07, 6.45) is 0. The number of rotatable bonds is 7. The topological polar surface area (TPSA) is 81.7 Å². The average molecular weight is 476 g/mol. The van der Waals surface area contributed by atoms with Crippen molar-refractivity contribution < 1.29 is 28.2 Å². The van der Waals surface area contributed by atoms with Gasteiger partial charge in [-0.3, -0.25) is 4.79 Å². The molecule has 1 N–H and O–H groups in total. The van der Waals surface area contributed by atoms with Crippen molar-refractivity contribution >= 4 is 45.8 Å². The van der Waals surface area contributed by atoms with Gasteiger partial charge in [-0.25, -0.2) is 14.0 Å². The average Bonchev–Trinajstić information content (AvgIpc) is 3.08. The maximum absolute atomic E-state index is 14.2. The molecule has 9 heteroatoms. The third-order valence-corrected chi connectivity index (χ3v) is 5.94. The molecule has 0 bridgehead atoms. The number of nitrogens with one attached hydrogen (secondary N) is 1. The number of benzene rings is 2. The van der Waals surface area contributed by atoms with Gasteiger partial charge in [-0.2, -0.15) is 0 Å². The van der Waals surface area contributed by atoms with Crippen LogP contribution in [0.15, 0.2) is 48.5 Å². The van der Waals surface area contributed by atoms with Crippen LogP contribution in [0.1, 0.15) is 48.4 Å². The highest BCUT2D eigenvalue weighted by Crippen LogP contribution is 2.35. The summed E-state index contributed by atoms with van der Waals surface area (Å²) in [6, 6.07) is 12.9. The molecule has 1 heterocycles. The summed E-state index contributed by atoms with van der Waals surface area (Å²) in [5.74, 6) is -3.06. The van der Waals surface area contributed by atoms with E-state index in [2.05, 4.69) is 5.32 Å². The molecule has 0 atom stereocenters. The lowest BCUT2D eigenvalue weighted by atomic mass is 10.1. The van der Waals surface area contributed by atoms with Crippen molar-refractivity contribution in [1.82, 2.24) is 0 Å². The second-order valence-corrected chi connectivity index (χ2v) is 8.02. The number of halogens is 2. The van der Waals surface area contributed by atoms with Gasteiger partial charge < -0.3 is 14.8 Å². The van der Waals surface area contributed by atoms with Gasteiger partial charge in [0.2, 0.25) is 0 Å². The molecule has 166 valence electrons. The molecule has 0 unspecified atom stereocenters. The first-order valence-electron chi connectivity index (χ1n) is 9.60. The van der Waals surface area contributed by atoms with Crippen molar-refractivity contribution in [1.29, 1.82) is 0 Å². The van der Waals surface area contributed by atoms with Gasteiger partial charge in [-0.05, 0) is 37.1 Å². The Labute approximate surface area is 192 Å². The molecule has 2 aromatic carbocycles. The number of carbonyl (C=O) groups is 3. The molecule has 0 saturated carbocycles. The van der Waals surface area contributed by atoms with E-state index < -0.39 is 23.7 Å². The standard InChI is InChI=1S/C23H19ClFNO5S/c1-3-30-22(28)17-13(2)19(23(29)31-12-14-8-5-4-6-9-14)32-21(17)26-20(27)18-15(24)10-7-11-16(18)25/h4-11H,3,12H2,1-2H3,(H,26,27). The zero-order chi connectivity index (χ0) is 23.3. The van der Waals surface area contributed by atoms with Crippen LogP contribution in [0.2, 0.25) is 5.02 Å². The molecule has 0 aliphatic rings. The van der Waals surface area contributed by atoms with E-state index in [1.807, 2.05) is 30.3 Å². The lowest BCUT2D eigenvalue weighted by Crippen LogP contribution is -2.16. The highest BCUT2D eigenvalue weighted by molar-refractivity contribution is 7.18. The minimum absolute atomic E-state index is 0.00400. The number of anilines is 1. The van der Waals surface area contributed by atoms with Crippen LogP contribution in [-0.4, -0.2) is 24.5 Å². The molecular formula is C23H19ClFNO5S. The number of ether oxygens (including phenoxy) is 2. The molecule has 3 aromatic rings. The van der Waals surface area contributed by atoms with E-state index in [4.69, 9.17) is 21.1 Å². The van der Waals surface area contributed by atoms with Crippen LogP contribution in [0.4, 0.5) is 9.39 Å². The third kappa shape index (κ3) is 5.15. The summed E-state index contributed by atoms with van der Waals surface area (Å²) < 4.78 is 24.6. The summed E-state index contributed by atoms with van der Waals surface area (Å²) in [5, 5.41) is 2.44. The highest BCUT2D eigenvalue weighted by Gasteiger charge is 2.28. The lowest BCUT2D eigenvalue weighted by molar-refractivity contribution is 0.0477. The molecular weight excluding hydrogens is 457 g/mol. The van der Waals surface area contributed by atoms with Gasteiger partial charge in [0.25, 0.3) is 5.91 Å². The minimum Gasteiger partial charge on any atom is -0.462 e. The number of hydrogen-bond donors (Lipinski definition) is 1. The van der Waals surface area contributed by atoms with Crippen LogP contribution in [0.3, 0.4) is 0 Å². The van der Waals surface area contributed by atoms with E-state index in [9.17, 15) is 18.8 Å². The Morgan fingerprint density at radius 3 is 2.38 bits per heavy atom. The van der Waals surface area contributed by atoms with Crippen LogP contribution >= 0.6 is 22.9 Å². The van der Waals surface area contributed by atoms with Crippen LogP contribution in [-0.2, 0) is 16.1 Å². The summed E-state index contributed by atoms with van der Waals surface area (Å²) in [7, 11) is 0. The van der Waals surface area contributed by atoms with Gasteiger partial charge in [-0.1, -0.05) is 48.0 Å². The lowest BCUT2D eigenvalue weighted by Gasteiger charge is -2.08. The Morgan fingerprint density at radius 2 is 1.72 bits per heavy atom. The van der Waals surface area contributed by atoms with E-state index in [0.29, 0.717) is 5.56 Å². The predicted molar refractivity (Wildman–Crippen MR) is 120 cm³/mol. The van der Waals surface area contributed by atoms with Crippen LogP contribution < -0.4 is 5.32 Å². The zero-order valence-corrected chi connectivity index (χ0v) is 18.8. The number of hydrogen-bond acceptors (Lipinski definition) is 6. The molecule has 0 saturated heterocycles. The van der Waals surface area contributed by atoms with Gasteiger partial charge in [0.15, 0.2) is 0 Å². The van der Waals surface area contributed by atoms with E-state index in [1.54, 1.807) is 13.8 Å². The molecule has 3 rings (SSSR count). The smallest absolute Gasteiger partial charge is 0.349 e. The fraction of sp³-hybridized carbons (Fsp3) is 0.174. The van der Waals surface area contributed by atoms with Crippen molar-refractivity contribution in [2.45, 2.75) is 20.5 Å². The summed E-state index contributed by atoms with van der Waals surface area (Å²) in [6.45, 7) is 3.31. The van der Waals surface area contributed by atoms with Crippen molar-refractivity contribution in [2.24, 2.45) is 0 Å². The third-order valence-electron chi connectivity index (χ3n) is 4.44. The Hall–Kier alpha value is -3.23. The molecule has 1 amide bonds. The molecule has 0 radical (unpaired) electrons. The number of carbonyl (C=O) groups excluding carboxylic acids is 3. The van der Waals surface area contributed by atoms with Gasteiger partial charge in [0.1, 0.15) is 22.3 Å². The van der Waals surface area contributed by atoms with Gasteiger partial charge in [0, 0.05) is 0 Å². The highest BCUT2D eigenvalue weighted by atomic mass is 35.5. The molecule has 1 aromatic heterocycles. The fourth-order valence-electron chi connectivity index (χ4n) is 2.91. The number of amides is 1. The first-order chi connectivity index (χ1) is 15.3. The minimum atomic E-state index is -0.857. The van der Waals surface area contributed by atoms with Crippen molar-refractivity contribution in [2.75, 3.05) is 11.9 Å². The fourth-order valence-corrected chi connectivity index (χ4v) is 4.25. The van der Waals surface area contributed by atoms with E-state index >= 15 is 0 Å². The molecule has 0 aliphatic carbocycles. The van der Waals surface area contributed by atoms with E-state index in [0.717, 1.165) is 23.0 Å². The largest absolute Gasteiger partial charge is 0.462 e. The Bertz CT molecular complexity index is 1140.